The van der Waals surface area contributed by atoms with E-state index in [1.54, 1.807) is 0 Å². The van der Waals surface area contributed by atoms with Crippen molar-refractivity contribution in [3.63, 3.8) is 0 Å². The van der Waals surface area contributed by atoms with Crippen LogP contribution in [0.4, 0.5) is 0 Å². The molecule has 2 rings (SSSR count). The summed E-state index contributed by atoms with van der Waals surface area (Å²) in [5, 5.41) is 4.43. The molecular formula is C15H22ClNO. The molecule has 1 N–H and O–H groups in total. The number of ether oxygens (including phenoxy) is 1. The second kappa shape index (κ2) is 6.55. The largest absolute Gasteiger partial charge is 0.380 e. The second-order valence-corrected chi connectivity index (χ2v) is 5.58. The zero-order valence-corrected chi connectivity index (χ0v) is 11.9. The van der Waals surface area contributed by atoms with Gasteiger partial charge in [-0.05, 0) is 50.3 Å². The Morgan fingerprint density at radius 3 is 2.61 bits per heavy atom. The standard InChI is InChI=1S/C15H22ClNO/c1-3-18-10-11(2)17-15-8-13(9-15)12-4-6-14(16)7-5-12/h4-7,11,13,15,17H,3,8-10H2,1-2H3. The number of nitrogens with one attached hydrogen (secondary N) is 1. The van der Waals surface area contributed by atoms with Crippen LogP contribution in [0.25, 0.3) is 0 Å². The molecule has 0 aliphatic heterocycles. The molecule has 1 aliphatic rings. The Bertz CT molecular complexity index is 359. The van der Waals surface area contributed by atoms with Gasteiger partial charge in [0.25, 0.3) is 0 Å². The fourth-order valence-electron chi connectivity index (χ4n) is 2.51. The number of halogens is 1. The van der Waals surface area contributed by atoms with Crippen molar-refractivity contribution < 1.29 is 4.74 Å². The average molecular weight is 268 g/mol. The lowest BCUT2D eigenvalue weighted by molar-refractivity contribution is 0.115. The van der Waals surface area contributed by atoms with Gasteiger partial charge < -0.3 is 10.1 Å². The summed E-state index contributed by atoms with van der Waals surface area (Å²) >= 11 is 5.90. The van der Waals surface area contributed by atoms with E-state index in [4.69, 9.17) is 16.3 Å². The molecule has 1 saturated carbocycles. The lowest BCUT2D eigenvalue weighted by Gasteiger charge is -2.38. The Kier molecular flexibility index (Phi) is 5.04. The lowest BCUT2D eigenvalue weighted by atomic mass is 9.75. The van der Waals surface area contributed by atoms with Gasteiger partial charge in [0.05, 0.1) is 6.61 Å². The maximum atomic E-state index is 5.90. The Hall–Kier alpha value is -0.570. The fraction of sp³-hybridized carbons (Fsp3) is 0.600. The van der Waals surface area contributed by atoms with Crippen LogP contribution in [0.1, 0.15) is 38.2 Å². The van der Waals surface area contributed by atoms with Crippen molar-refractivity contribution >= 4 is 11.6 Å². The highest BCUT2D eigenvalue weighted by Gasteiger charge is 2.30. The van der Waals surface area contributed by atoms with E-state index < -0.39 is 0 Å². The summed E-state index contributed by atoms with van der Waals surface area (Å²) in [6.45, 7) is 5.82. The van der Waals surface area contributed by atoms with E-state index in [-0.39, 0.29) is 0 Å². The molecule has 18 heavy (non-hydrogen) atoms. The molecule has 1 atom stereocenters. The van der Waals surface area contributed by atoms with Crippen LogP contribution in [0.5, 0.6) is 0 Å². The van der Waals surface area contributed by atoms with Crippen LogP contribution >= 0.6 is 11.6 Å². The molecular weight excluding hydrogens is 246 g/mol. The smallest absolute Gasteiger partial charge is 0.0616 e. The van der Waals surface area contributed by atoms with E-state index in [0.717, 1.165) is 18.2 Å². The third-order valence-electron chi connectivity index (χ3n) is 3.57. The van der Waals surface area contributed by atoms with E-state index in [1.807, 2.05) is 19.1 Å². The Labute approximate surface area is 115 Å². The van der Waals surface area contributed by atoms with Crippen molar-refractivity contribution in [3.05, 3.63) is 34.9 Å². The van der Waals surface area contributed by atoms with Crippen LogP contribution in [-0.4, -0.2) is 25.3 Å². The van der Waals surface area contributed by atoms with Gasteiger partial charge >= 0.3 is 0 Å². The van der Waals surface area contributed by atoms with Gasteiger partial charge in [-0.3, -0.25) is 0 Å². The first-order valence-corrected chi connectivity index (χ1v) is 7.16. The van der Waals surface area contributed by atoms with E-state index in [9.17, 15) is 0 Å². The second-order valence-electron chi connectivity index (χ2n) is 5.14. The zero-order valence-electron chi connectivity index (χ0n) is 11.2. The summed E-state index contributed by atoms with van der Waals surface area (Å²) in [6.07, 6.45) is 2.44. The van der Waals surface area contributed by atoms with Gasteiger partial charge in [0.1, 0.15) is 0 Å². The summed E-state index contributed by atoms with van der Waals surface area (Å²) in [5.41, 5.74) is 1.41. The van der Waals surface area contributed by atoms with Gasteiger partial charge in [-0.15, -0.1) is 0 Å². The maximum absolute atomic E-state index is 5.90. The highest BCUT2D eigenvalue weighted by molar-refractivity contribution is 6.30. The van der Waals surface area contributed by atoms with E-state index in [0.29, 0.717) is 18.0 Å². The zero-order chi connectivity index (χ0) is 13.0. The van der Waals surface area contributed by atoms with Crippen molar-refractivity contribution in [1.29, 1.82) is 0 Å². The van der Waals surface area contributed by atoms with Crippen LogP contribution in [-0.2, 0) is 4.74 Å². The molecule has 0 amide bonds. The van der Waals surface area contributed by atoms with Gasteiger partial charge in [-0.1, -0.05) is 23.7 Å². The maximum Gasteiger partial charge on any atom is 0.0616 e. The summed E-state index contributed by atoms with van der Waals surface area (Å²) in [5.74, 6) is 0.694. The summed E-state index contributed by atoms with van der Waals surface area (Å²) in [7, 11) is 0. The number of benzene rings is 1. The third kappa shape index (κ3) is 3.71. The topological polar surface area (TPSA) is 21.3 Å². The van der Waals surface area contributed by atoms with Gasteiger partial charge in [0.2, 0.25) is 0 Å². The van der Waals surface area contributed by atoms with E-state index in [2.05, 4.69) is 24.4 Å². The minimum Gasteiger partial charge on any atom is -0.380 e. The van der Waals surface area contributed by atoms with Crippen LogP contribution in [0.2, 0.25) is 5.02 Å². The third-order valence-corrected chi connectivity index (χ3v) is 3.82. The molecule has 1 aliphatic carbocycles. The molecule has 1 aromatic carbocycles. The number of hydrogen-bond donors (Lipinski definition) is 1. The minimum atomic E-state index is 0.445. The molecule has 1 aromatic rings. The van der Waals surface area contributed by atoms with E-state index >= 15 is 0 Å². The molecule has 1 unspecified atom stereocenters. The van der Waals surface area contributed by atoms with Crippen LogP contribution < -0.4 is 5.32 Å². The molecule has 1 fully saturated rings. The molecule has 2 nitrogen and oxygen atoms in total. The lowest BCUT2D eigenvalue weighted by Crippen LogP contribution is -2.46. The van der Waals surface area contributed by atoms with Crippen molar-refractivity contribution in [1.82, 2.24) is 5.32 Å². The van der Waals surface area contributed by atoms with Gasteiger partial charge in [0, 0.05) is 23.7 Å². The van der Waals surface area contributed by atoms with Crippen LogP contribution in [0.15, 0.2) is 24.3 Å². The summed E-state index contributed by atoms with van der Waals surface area (Å²) in [6, 6.07) is 9.34. The molecule has 100 valence electrons. The van der Waals surface area contributed by atoms with Crippen molar-refractivity contribution in [2.45, 2.75) is 44.7 Å². The Balaban J connectivity index is 1.72. The molecule has 0 aromatic heterocycles. The summed E-state index contributed by atoms with van der Waals surface area (Å²) < 4.78 is 5.41. The molecule has 0 radical (unpaired) electrons. The highest BCUT2D eigenvalue weighted by Crippen LogP contribution is 2.37. The van der Waals surface area contributed by atoms with Crippen molar-refractivity contribution in [2.24, 2.45) is 0 Å². The summed E-state index contributed by atoms with van der Waals surface area (Å²) in [4.78, 5) is 0. The quantitative estimate of drug-likeness (QED) is 0.850. The normalized spacial score (nSPS) is 24.6. The van der Waals surface area contributed by atoms with Crippen LogP contribution in [0, 0.1) is 0 Å². The molecule has 0 spiro atoms. The number of hydrogen-bond acceptors (Lipinski definition) is 2. The van der Waals surface area contributed by atoms with Crippen molar-refractivity contribution in [3.8, 4) is 0 Å². The Morgan fingerprint density at radius 2 is 2.00 bits per heavy atom. The van der Waals surface area contributed by atoms with Crippen molar-refractivity contribution in [2.75, 3.05) is 13.2 Å². The fourth-order valence-corrected chi connectivity index (χ4v) is 2.63. The molecule has 3 heteroatoms. The first-order valence-electron chi connectivity index (χ1n) is 6.78. The first kappa shape index (κ1) is 13.9. The monoisotopic (exact) mass is 267 g/mol. The predicted octanol–water partition coefficient (Wildman–Crippen LogP) is 3.60. The van der Waals surface area contributed by atoms with E-state index in [1.165, 1.54) is 18.4 Å². The number of rotatable bonds is 6. The van der Waals surface area contributed by atoms with Gasteiger partial charge in [-0.2, -0.15) is 0 Å². The Morgan fingerprint density at radius 1 is 1.33 bits per heavy atom. The SMILES string of the molecule is CCOCC(C)NC1CC(c2ccc(Cl)cc2)C1. The molecule has 0 heterocycles. The molecule has 0 saturated heterocycles. The minimum absolute atomic E-state index is 0.445. The average Bonchev–Trinajstić information content (AvgIpc) is 2.32. The van der Waals surface area contributed by atoms with Gasteiger partial charge in [0.15, 0.2) is 0 Å². The predicted molar refractivity (Wildman–Crippen MR) is 76.3 cm³/mol. The van der Waals surface area contributed by atoms with Gasteiger partial charge in [-0.25, -0.2) is 0 Å². The molecule has 0 bridgehead atoms. The highest BCUT2D eigenvalue weighted by atomic mass is 35.5. The van der Waals surface area contributed by atoms with Crippen LogP contribution in [0.3, 0.4) is 0 Å². The first-order chi connectivity index (χ1) is 8.69.